The van der Waals surface area contributed by atoms with E-state index in [-0.39, 0.29) is 12.4 Å². The lowest BCUT2D eigenvalue weighted by Gasteiger charge is -2.16. The molecule has 0 aliphatic rings. The molecule has 3 nitrogen and oxygen atoms in total. The van der Waals surface area contributed by atoms with E-state index >= 15 is 0 Å². The van der Waals surface area contributed by atoms with E-state index in [1.165, 1.54) is 0 Å². The Kier molecular flexibility index (Phi) is 8.21. The molecule has 0 amide bonds. The van der Waals surface area contributed by atoms with Crippen LogP contribution in [0.2, 0.25) is 10.0 Å². The molecule has 3 rings (SSSR count). The Labute approximate surface area is 175 Å². The van der Waals surface area contributed by atoms with Crippen LogP contribution in [0.15, 0.2) is 54.6 Å². The van der Waals surface area contributed by atoms with Crippen LogP contribution in [0.5, 0.6) is 5.75 Å². The maximum Gasteiger partial charge on any atom is 0.124 e. The Morgan fingerprint density at radius 1 is 1.07 bits per heavy atom. The van der Waals surface area contributed by atoms with Crippen molar-refractivity contribution in [3.63, 3.8) is 0 Å². The second-order valence-electron chi connectivity index (χ2n) is 6.27. The van der Waals surface area contributed by atoms with Gasteiger partial charge in [0.25, 0.3) is 0 Å². The molecule has 3 aromatic rings. The summed E-state index contributed by atoms with van der Waals surface area (Å²) >= 11 is 12.2. The maximum absolute atomic E-state index is 9.50. The normalized spacial score (nSPS) is 11.9. The molecule has 0 saturated heterocycles. The zero-order chi connectivity index (χ0) is 18.5. The molecule has 27 heavy (non-hydrogen) atoms. The second-order valence-corrected chi connectivity index (χ2v) is 7.11. The average molecular weight is 427 g/mol. The molecule has 0 radical (unpaired) electrons. The van der Waals surface area contributed by atoms with Crippen LogP contribution in [0.3, 0.4) is 0 Å². The van der Waals surface area contributed by atoms with Crippen LogP contribution in [0.25, 0.3) is 10.8 Å². The van der Waals surface area contributed by atoms with Crippen molar-refractivity contribution in [3.05, 3.63) is 75.8 Å². The van der Waals surface area contributed by atoms with Gasteiger partial charge in [0.05, 0.1) is 6.10 Å². The molecule has 1 unspecified atom stereocenters. The lowest BCUT2D eigenvalue weighted by atomic mass is 10.0. The minimum Gasteiger partial charge on any atom is -0.488 e. The summed E-state index contributed by atoms with van der Waals surface area (Å²) in [5.74, 6) is 0.799. The molecule has 0 aromatic heterocycles. The number of aliphatic hydroxyl groups excluding tert-OH is 1. The Morgan fingerprint density at radius 3 is 2.59 bits per heavy atom. The number of fused-ring (bicyclic) bond motifs is 1. The van der Waals surface area contributed by atoms with Crippen molar-refractivity contribution in [1.82, 2.24) is 5.32 Å². The van der Waals surface area contributed by atoms with Gasteiger partial charge in [-0.3, -0.25) is 0 Å². The number of halogens is 3. The highest BCUT2D eigenvalue weighted by atomic mass is 35.5. The van der Waals surface area contributed by atoms with Crippen molar-refractivity contribution >= 4 is 46.4 Å². The van der Waals surface area contributed by atoms with Crippen molar-refractivity contribution in [3.8, 4) is 5.75 Å². The first-order valence-corrected chi connectivity index (χ1v) is 9.26. The predicted octanol–water partition coefficient (Wildman–Crippen LogP) is 5.62. The fourth-order valence-electron chi connectivity index (χ4n) is 2.83. The summed E-state index contributed by atoms with van der Waals surface area (Å²) in [6, 6.07) is 17.6. The summed E-state index contributed by atoms with van der Waals surface area (Å²) < 4.78 is 6.08. The molecule has 0 aliphatic carbocycles. The number of rotatable bonds is 7. The zero-order valence-electron chi connectivity index (χ0n) is 14.9. The van der Waals surface area contributed by atoms with Gasteiger partial charge in [-0.1, -0.05) is 59.6 Å². The number of aliphatic hydroxyl groups is 1. The molecule has 144 valence electrons. The van der Waals surface area contributed by atoms with E-state index < -0.39 is 6.10 Å². The molecular formula is C21H22Cl3NO2. The van der Waals surface area contributed by atoms with Gasteiger partial charge in [0.15, 0.2) is 0 Å². The highest BCUT2D eigenvalue weighted by molar-refractivity contribution is 6.35. The van der Waals surface area contributed by atoms with E-state index in [2.05, 4.69) is 17.4 Å². The molecule has 0 aliphatic heterocycles. The lowest BCUT2D eigenvalue weighted by Crippen LogP contribution is -2.24. The fourth-order valence-corrected chi connectivity index (χ4v) is 3.30. The molecule has 0 spiro atoms. The highest BCUT2D eigenvalue weighted by Crippen LogP contribution is 2.30. The maximum atomic E-state index is 9.50. The molecule has 6 heteroatoms. The predicted molar refractivity (Wildman–Crippen MR) is 115 cm³/mol. The van der Waals surface area contributed by atoms with Gasteiger partial charge in [-0.25, -0.2) is 0 Å². The summed E-state index contributed by atoms with van der Waals surface area (Å²) in [6.07, 6.45) is -0.401. The Balaban J connectivity index is 0.00000261. The highest BCUT2D eigenvalue weighted by Gasteiger charge is 2.10. The Bertz CT molecular complexity index is 900. The SMILES string of the molecule is CC(O)CNCc1c(OCc2ccc(Cl)cc2Cl)ccc2ccccc12.Cl. The van der Waals surface area contributed by atoms with Crippen molar-refractivity contribution in [2.24, 2.45) is 0 Å². The number of nitrogens with one attached hydrogen (secondary N) is 1. The summed E-state index contributed by atoms with van der Waals surface area (Å²) in [6.45, 7) is 3.25. The molecule has 0 bridgehead atoms. The van der Waals surface area contributed by atoms with Gasteiger partial charge in [-0.15, -0.1) is 12.4 Å². The molecule has 0 heterocycles. The largest absolute Gasteiger partial charge is 0.488 e. The Morgan fingerprint density at radius 2 is 1.85 bits per heavy atom. The third kappa shape index (κ3) is 5.74. The smallest absolute Gasteiger partial charge is 0.124 e. The van der Waals surface area contributed by atoms with Crippen LogP contribution < -0.4 is 10.1 Å². The number of benzene rings is 3. The quantitative estimate of drug-likeness (QED) is 0.515. The van der Waals surface area contributed by atoms with Crippen LogP contribution >= 0.6 is 35.6 Å². The molecule has 1 atom stereocenters. The van der Waals surface area contributed by atoms with E-state index in [4.69, 9.17) is 27.9 Å². The van der Waals surface area contributed by atoms with Crippen LogP contribution in [-0.4, -0.2) is 17.8 Å². The zero-order valence-corrected chi connectivity index (χ0v) is 17.2. The molecular weight excluding hydrogens is 405 g/mol. The van der Waals surface area contributed by atoms with Crippen LogP contribution in [0.1, 0.15) is 18.1 Å². The van der Waals surface area contributed by atoms with Crippen LogP contribution in [-0.2, 0) is 13.2 Å². The first-order chi connectivity index (χ1) is 12.5. The van der Waals surface area contributed by atoms with Gasteiger partial charge in [0.2, 0.25) is 0 Å². The molecule has 3 aromatic carbocycles. The van der Waals surface area contributed by atoms with Gasteiger partial charge in [0.1, 0.15) is 12.4 Å². The number of ether oxygens (including phenoxy) is 1. The fraction of sp³-hybridized carbons (Fsp3) is 0.238. The standard InChI is InChI=1S/C21H21Cl2NO2.ClH/c1-14(25)11-24-12-19-18-5-3-2-4-15(18)7-9-21(19)26-13-16-6-8-17(22)10-20(16)23;/h2-10,14,24-25H,11-13H2,1H3;1H. The van der Waals surface area contributed by atoms with E-state index in [1.807, 2.05) is 30.3 Å². The summed E-state index contributed by atoms with van der Waals surface area (Å²) in [5, 5.41) is 16.3. The van der Waals surface area contributed by atoms with E-state index in [0.717, 1.165) is 27.6 Å². The van der Waals surface area contributed by atoms with Gasteiger partial charge in [-0.05, 0) is 35.9 Å². The molecule has 0 saturated carbocycles. The monoisotopic (exact) mass is 425 g/mol. The lowest BCUT2D eigenvalue weighted by molar-refractivity contribution is 0.190. The van der Waals surface area contributed by atoms with Crippen LogP contribution in [0, 0.1) is 0 Å². The summed E-state index contributed by atoms with van der Waals surface area (Å²) in [4.78, 5) is 0. The van der Waals surface area contributed by atoms with Crippen molar-refractivity contribution in [2.75, 3.05) is 6.54 Å². The van der Waals surface area contributed by atoms with E-state index in [1.54, 1.807) is 19.1 Å². The third-order valence-electron chi connectivity index (χ3n) is 4.14. The number of hydrogen-bond donors (Lipinski definition) is 2. The van der Waals surface area contributed by atoms with Gasteiger partial charge in [-0.2, -0.15) is 0 Å². The van der Waals surface area contributed by atoms with Gasteiger partial charge >= 0.3 is 0 Å². The molecule has 2 N–H and O–H groups in total. The minimum absolute atomic E-state index is 0. The molecule has 0 fully saturated rings. The second kappa shape index (κ2) is 10.2. The Hall–Kier alpha value is -1.49. The van der Waals surface area contributed by atoms with E-state index in [9.17, 15) is 5.11 Å². The van der Waals surface area contributed by atoms with Crippen molar-refractivity contribution < 1.29 is 9.84 Å². The van der Waals surface area contributed by atoms with E-state index in [0.29, 0.717) is 29.7 Å². The van der Waals surface area contributed by atoms with Crippen molar-refractivity contribution in [1.29, 1.82) is 0 Å². The third-order valence-corrected chi connectivity index (χ3v) is 4.72. The summed E-state index contributed by atoms with van der Waals surface area (Å²) in [5.41, 5.74) is 1.95. The first kappa shape index (κ1) is 21.8. The summed E-state index contributed by atoms with van der Waals surface area (Å²) in [7, 11) is 0. The minimum atomic E-state index is -0.401. The number of hydrogen-bond acceptors (Lipinski definition) is 3. The van der Waals surface area contributed by atoms with Gasteiger partial charge < -0.3 is 15.2 Å². The van der Waals surface area contributed by atoms with Crippen LogP contribution in [0.4, 0.5) is 0 Å². The average Bonchev–Trinajstić information content (AvgIpc) is 2.61. The topological polar surface area (TPSA) is 41.5 Å². The van der Waals surface area contributed by atoms with Gasteiger partial charge in [0, 0.05) is 34.3 Å². The van der Waals surface area contributed by atoms with Crippen molar-refractivity contribution in [2.45, 2.75) is 26.2 Å². The first-order valence-electron chi connectivity index (χ1n) is 8.50.